The molecule has 0 saturated carbocycles. The molecule has 0 unspecified atom stereocenters. The van der Waals surface area contributed by atoms with Gasteiger partial charge in [-0.3, -0.25) is 9.48 Å². The number of aryl methyl sites for hydroxylation is 1. The minimum absolute atomic E-state index is 0.0679. The van der Waals surface area contributed by atoms with Crippen LogP contribution < -0.4 is 4.74 Å². The maximum Gasteiger partial charge on any atom is 0.214 e. The lowest BCUT2D eigenvalue weighted by Crippen LogP contribution is -2.10. The van der Waals surface area contributed by atoms with E-state index in [-0.39, 0.29) is 5.78 Å². The van der Waals surface area contributed by atoms with E-state index in [1.54, 1.807) is 30.1 Å². The van der Waals surface area contributed by atoms with Gasteiger partial charge in [-0.1, -0.05) is 19.1 Å². The van der Waals surface area contributed by atoms with Gasteiger partial charge in [-0.25, -0.2) is 0 Å². The number of benzene rings is 1. The Morgan fingerprint density at radius 2 is 2.11 bits per heavy atom. The standard InChI is InChI=1S/C14H16N2O2/c1-3-10-18-13-7-5-4-6-11(13)14(17)12-8-9-15-16(12)2/h4-9H,3,10H2,1-2H3. The molecule has 0 atom stereocenters. The van der Waals surface area contributed by atoms with Crippen molar-refractivity contribution in [3.05, 3.63) is 47.8 Å². The van der Waals surface area contributed by atoms with Gasteiger partial charge in [0.15, 0.2) is 0 Å². The number of rotatable bonds is 5. The predicted molar refractivity (Wildman–Crippen MR) is 68.9 cm³/mol. The van der Waals surface area contributed by atoms with Crippen molar-refractivity contribution in [3.63, 3.8) is 0 Å². The highest BCUT2D eigenvalue weighted by molar-refractivity contribution is 6.09. The number of hydrogen-bond donors (Lipinski definition) is 0. The summed E-state index contributed by atoms with van der Waals surface area (Å²) in [7, 11) is 1.75. The van der Waals surface area contributed by atoms with Crippen LogP contribution in [0.4, 0.5) is 0 Å². The largest absolute Gasteiger partial charge is 0.493 e. The van der Waals surface area contributed by atoms with E-state index in [1.165, 1.54) is 0 Å². The highest BCUT2D eigenvalue weighted by Crippen LogP contribution is 2.21. The quantitative estimate of drug-likeness (QED) is 0.759. The third kappa shape index (κ3) is 2.42. The van der Waals surface area contributed by atoms with Crippen LogP contribution in [0, 0.1) is 0 Å². The second-order valence-corrected chi connectivity index (χ2v) is 4.01. The van der Waals surface area contributed by atoms with Gasteiger partial charge in [-0.05, 0) is 24.6 Å². The van der Waals surface area contributed by atoms with Crippen LogP contribution in [0.2, 0.25) is 0 Å². The van der Waals surface area contributed by atoms with Crippen molar-refractivity contribution in [1.29, 1.82) is 0 Å². The molecular formula is C14H16N2O2. The molecule has 0 saturated heterocycles. The molecular weight excluding hydrogens is 228 g/mol. The average Bonchev–Trinajstić information content (AvgIpc) is 2.82. The highest BCUT2D eigenvalue weighted by Gasteiger charge is 2.16. The van der Waals surface area contributed by atoms with Crippen LogP contribution in [0.25, 0.3) is 0 Å². The molecule has 0 aliphatic carbocycles. The van der Waals surface area contributed by atoms with Gasteiger partial charge in [0.2, 0.25) is 5.78 Å². The van der Waals surface area contributed by atoms with E-state index in [1.807, 2.05) is 25.1 Å². The molecule has 18 heavy (non-hydrogen) atoms. The first-order valence-corrected chi connectivity index (χ1v) is 5.98. The summed E-state index contributed by atoms with van der Waals surface area (Å²) >= 11 is 0. The molecule has 2 rings (SSSR count). The Labute approximate surface area is 106 Å². The third-order valence-electron chi connectivity index (χ3n) is 2.65. The molecule has 94 valence electrons. The average molecular weight is 244 g/mol. The van der Waals surface area contributed by atoms with Crippen LogP contribution in [0.3, 0.4) is 0 Å². The molecule has 4 heteroatoms. The topological polar surface area (TPSA) is 44.1 Å². The number of hydrogen-bond acceptors (Lipinski definition) is 3. The summed E-state index contributed by atoms with van der Waals surface area (Å²) in [5.74, 6) is 0.562. The highest BCUT2D eigenvalue weighted by atomic mass is 16.5. The van der Waals surface area contributed by atoms with Crippen molar-refractivity contribution in [3.8, 4) is 5.75 Å². The summed E-state index contributed by atoms with van der Waals surface area (Å²) < 4.78 is 7.16. The van der Waals surface area contributed by atoms with E-state index in [4.69, 9.17) is 4.74 Å². The number of carbonyl (C=O) groups is 1. The summed E-state index contributed by atoms with van der Waals surface area (Å²) in [4.78, 5) is 12.4. The molecule has 0 fully saturated rings. The van der Waals surface area contributed by atoms with E-state index in [2.05, 4.69) is 5.10 Å². The molecule has 2 aromatic rings. The van der Waals surface area contributed by atoms with Gasteiger partial charge in [0.1, 0.15) is 11.4 Å². The lowest BCUT2D eigenvalue weighted by molar-refractivity contribution is 0.102. The van der Waals surface area contributed by atoms with Crippen molar-refractivity contribution >= 4 is 5.78 Å². The van der Waals surface area contributed by atoms with Gasteiger partial charge in [0.25, 0.3) is 0 Å². The summed E-state index contributed by atoms with van der Waals surface area (Å²) in [6, 6.07) is 9.01. The molecule has 0 aliphatic heterocycles. The van der Waals surface area contributed by atoms with E-state index in [0.29, 0.717) is 23.6 Å². The van der Waals surface area contributed by atoms with Crippen molar-refractivity contribution < 1.29 is 9.53 Å². The molecule has 0 bridgehead atoms. The number of ketones is 1. The maximum atomic E-state index is 12.4. The van der Waals surface area contributed by atoms with Gasteiger partial charge < -0.3 is 4.74 Å². The van der Waals surface area contributed by atoms with E-state index in [0.717, 1.165) is 6.42 Å². The van der Waals surface area contributed by atoms with Crippen molar-refractivity contribution in [1.82, 2.24) is 9.78 Å². The zero-order valence-electron chi connectivity index (χ0n) is 10.6. The molecule has 0 N–H and O–H groups in total. The number of ether oxygens (including phenoxy) is 1. The first-order valence-electron chi connectivity index (χ1n) is 5.98. The van der Waals surface area contributed by atoms with Crippen LogP contribution in [-0.4, -0.2) is 22.2 Å². The number of carbonyl (C=O) groups excluding carboxylic acids is 1. The lowest BCUT2D eigenvalue weighted by atomic mass is 10.1. The van der Waals surface area contributed by atoms with Gasteiger partial charge in [-0.2, -0.15) is 5.10 Å². The zero-order valence-corrected chi connectivity index (χ0v) is 10.6. The minimum Gasteiger partial charge on any atom is -0.493 e. The van der Waals surface area contributed by atoms with Crippen LogP contribution in [0.5, 0.6) is 5.75 Å². The molecule has 1 aromatic heterocycles. The van der Waals surface area contributed by atoms with Gasteiger partial charge in [0.05, 0.1) is 12.2 Å². The second-order valence-electron chi connectivity index (χ2n) is 4.01. The van der Waals surface area contributed by atoms with Gasteiger partial charge in [0, 0.05) is 13.2 Å². The Bertz CT molecular complexity index is 546. The Hall–Kier alpha value is -2.10. The second kappa shape index (κ2) is 5.49. The molecule has 0 aliphatic rings. The Balaban J connectivity index is 2.33. The predicted octanol–water partition coefficient (Wildman–Crippen LogP) is 2.44. The SMILES string of the molecule is CCCOc1ccccc1C(=O)c1ccnn1C. The van der Waals surface area contributed by atoms with E-state index < -0.39 is 0 Å². The molecule has 1 aromatic carbocycles. The van der Waals surface area contributed by atoms with Crippen LogP contribution in [-0.2, 0) is 7.05 Å². The minimum atomic E-state index is -0.0679. The van der Waals surface area contributed by atoms with Gasteiger partial charge >= 0.3 is 0 Å². The van der Waals surface area contributed by atoms with Crippen molar-refractivity contribution in [2.24, 2.45) is 7.05 Å². The van der Waals surface area contributed by atoms with E-state index >= 15 is 0 Å². The lowest BCUT2D eigenvalue weighted by Gasteiger charge is -2.09. The molecule has 0 radical (unpaired) electrons. The monoisotopic (exact) mass is 244 g/mol. The summed E-state index contributed by atoms with van der Waals surface area (Å²) in [5.41, 5.74) is 1.14. The van der Waals surface area contributed by atoms with Crippen LogP contribution in [0.15, 0.2) is 36.5 Å². The van der Waals surface area contributed by atoms with Crippen LogP contribution >= 0.6 is 0 Å². The fourth-order valence-electron chi connectivity index (χ4n) is 1.73. The van der Waals surface area contributed by atoms with Crippen LogP contribution in [0.1, 0.15) is 29.4 Å². The summed E-state index contributed by atoms with van der Waals surface area (Å²) in [6.07, 6.45) is 2.52. The Morgan fingerprint density at radius 1 is 1.33 bits per heavy atom. The number of nitrogens with zero attached hydrogens (tertiary/aromatic N) is 2. The van der Waals surface area contributed by atoms with Crippen molar-refractivity contribution in [2.45, 2.75) is 13.3 Å². The third-order valence-corrected chi connectivity index (χ3v) is 2.65. The maximum absolute atomic E-state index is 12.4. The van der Waals surface area contributed by atoms with Crippen molar-refractivity contribution in [2.75, 3.05) is 6.61 Å². The Morgan fingerprint density at radius 3 is 2.78 bits per heavy atom. The number of para-hydroxylation sites is 1. The first kappa shape index (κ1) is 12.4. The smallest absolute Gasteiger partial charge is 0.214 e. The van der Waals surface area contributed by atoms with E-state index in [9.17, 15) is 4.79 Å². The molecule has 4 nitrogen and oxygen atoms in total. The summed E-state index contributed by atoms with van der Waals surface area (Å²) in [6.45, 7) is 2.64. The molecule has 1 heterocycles. The summed E-state index contributed by atoms with van der Waals surface area (Å²) in [5, 5.41) is 4.01. The first-order chi connectivity index (χ1) is 8.74. The zero-order chi connectivity index (χ0) is 13.0. The fraction of sp³-hybridized carbons (Fsp3) is 0.286. The fourth-order valence-corrected chi connectivity index (χ4v) is 1.73. The van der Waals surface area contributed by atoms with Gasteiger partial charge in [-0.15, -0.1) is 0 Å². The normalized spacial score (nSPS) is 10.3. The molecule has 0 amide bonds. The number of aromatic nitrogens is 2. The molecule has 0 spiro atoms. The Kier molecular flexibility index (Phi) is 3.77.